The standard InChI is InChI=1S/C7H5N3O2.C4H6O5.Cu.H2O/c11-10(12)5-1-2-6-7(3-5)9-4-8-6;5-3(6)1-9-2-4(7)8;;/h1-4H,(H,8,9);1-2H2,(H,5,6)(H,7,8);;1H2/q;;+2;/p-2. The molecule has 0 saturated carbocycles. The molecule has 23 heavy (non-hydrogen) atoms. The minimum Gasteiger partial charge on any atom is -0.548 e. The summed E-state index contributed by atoms with van der Waals surface area (Å²) >= 11 is 0. The molecule has 12 heteroatoms. The maximum absolute atomic E-state index is 10.3. The maximum atomic E-state index is 10.3. The van der Waals surface area contributed by atoms with E-state index < -0.39 is 30.1 Å². The molecule has 0 aliphatic rings. The Labute approximate surface area is 139 Å². The summed E-state index contributed by atoms with van der Waals surface area (Å²) in [7, 11) is 0. The summed E-state index contributed by atoms with van der Waals surface area (Å²) in [5.41, 5.74) is 1.49. The normalized spacial score (nSPS) is 8.87. The van der Waals surface area contributed by atoms with Gasteiger partial charge in [-0.3, -0.25) is 10.1 Å². The van der Waals surface area contributed by atoms with Gasteiger partial charge in [0.25, 0.3) is 5.69 Å². The molecule has 2 rings (SSSR count). The zero-order valence-electron chi connectivity index (χ0n) is 11.3. The van der Waals surface area contributed by atoms with Crippen molar-refractivity contribution in [1.29, 1.82) is 0 Å². The third kappa shape index (κ3) is 8.48. The van der Waals surface area contributed by atoms with Gasteiger partial charge in [-0.05, 0) is 6.07 Å². The van der Waals surface area contributed by atoms with Crippen molar-refractivity contribution in [1.82, 2.24) is 9.97 Å². The number of aromatic amines is 1. The van der Waals surface area contributed by atoms with Crippen LogP contribution < -0.4 is 10.2 Å². The molecule has 1 radical (unpaired) electrons. The second-order valence-corrected chi connectivity index (χ2v) is 3.60. The van der Waals surface area contributed by atoms with Crippen LogP contribution in [0.3, 0.4) is 0 Å². The smallest absolute Gasteiger partial charge is 0.548 e. The fourth-order valence-electron chi connectivity index (χ4n) is 1.25. The Morgan fingerprint density at radius 3 is 2.26 bits per heavy atom. The van der Waals surface area contributed by atoms with Crippen LogP contribution in [0.25, 0.3) is 11.0 Å². The summed E-state index contributed by atoms with van der Waals surface area (Å²) in [6.07, 6.45) is 1.51. The zero-order valence-corrected chi connectivity index (χ0v) is 12.2. The fourth-order valence-corrected chi connectivity index (χ4v) is 1.25. The second kappa shape index (κ2) is 11.1. The first-order chi connectivity index (χ1) is 9.90. The number of carboxylic acids is 2. The Bertz CT molecular complexity index is 646. The van der Waals surface area contributed by atoms with Gasteiger partial charge in [0.15, 0.2) is 0 Å². The Morgan fingerprint density at radius 2 is 1.78 bits per heavy atom. The summed E-state index contributed by atoms with van der Waals surface area (Å²) < 4.78 is 4.03. The number of aliphatic carboxylic acids is 2. The first-order valence-corrected chi connectivity index (χ1v) is 5.45. The number of nitrogens with one attached hydrogen (secondary N) is 1. The van der Waals surface area contributed by atoms with Gasteiger partial charge in [-0.15, -0.1) is 0 Å². The summed E-state index contributed by atoms with van der Waals surface area (Å²) in [5, 5.41) is 29.4. The Hall–Kier alpha value is -2.53. The number of non-ortho nitro benzene ring substituents is 1. The number of H-pyrrole nitrogens is 1. The average Bonchev–Trinajstić information content (AvgIpc) is 2.85. The number of benzene rings is 1. The number of hydrogen-bond acceptors (Lipinski definition) is 8. The number of aromatic nitrogens is 2. The van der Waals surface area contributed by atoms with Gasteiger partial charge in [0, 0.05) is 12.1 Å². The van der Waals surface area contributed by atoms with E-state index in [-0.39, 0.29) is 28.2 Å². The van der Waals surface area contributed by atoms with E-state index >= 15 is 0 Å². The molecule has 0 spiro atoms. The third-order valence-corrected chi connectivity index (χ3v) is 2.06. The minimum absolute atomic E-state index is 0. The maximum Gasteiger partial charge on any atom is 2.00 e. The zero-order chi connectivity index (χ0) is 15.8. The van der Waals surface area contributed by atoms with Gasteiger partial charge in [-0.25, -0.2) is 4.98 Å². The number of nitro benzene ring substituents is 1. The number of carbonyl (C=O) groups excluding carboxylic acids is 2. The molecule has 0 unspecified atom stereocenters. The third-order valence-electron chi connectivity index (χ3n) is 2.06. The molecule has 129 valence electrons. The number of hydrogen-bond donors (Lipinski definition) is 1. The van der Waals surface area contributed by atoms with E-state index in [4.69, 9.17) is 0 Å². The van der Waals surface area contributed by atoms with Crippen LogP contribution >= 0.6 is 0 Å². The molecule has 0 atom stereocenters. The molecule has 0 saturated heterocycles. The van der Waals surface area contributed by atoms with Crippen LogP contribution in [0.1, 0.15) is 0 Å². The number of carbonyl (C=O) groups is 2. The van der Waals surface area contributed by atoms with Crippen LogP contribution in [0, 0.1) is 10.1 Å². The van der Waals surface area contributed by atoms with Crippen LogP contribution in [0.5, 0.6) is 0 Å². The predicted octanol–water partition coefficient (Wildman–Crippen LogP) is -2.85. The quantitative estimate of drug-likeness (QED) is 0.327. The number of imidazole rings is 1. The Morgan fingerprint density at radius 1 is 1.22 bits per heavy atom. The van der Waals surface area contributed by atoms with Gasteiger partial charge in [0.05, 0.1) is 47.4 Å². The van der Waals surface area contributed by atoms with Crippen LogP contribution in [0.15, 0.2) is 24.5 Å². The van der Waals surface area contributed by atoms with E-state index in [0.29, 0.717) is 5.52 Å². The SMILES string of the molecule is O.O=C([O-])COCC(=O)[O-].O=[N+]([O-])c1ccc2[nH]cnc2c1.[Cu+2]. The molecule has 0 bridgehead atoms. The van der Waals surface area contributed by atoms with E-state index in [0.717, 1.165) is 5.52 Å². The topological polar surface area (TPSA) is 193 Å². The van der Waals surface area contributed by atoms with Crippen LogP contribution in [-0.4, -0.2) is 45.5 Å². The molecule has 0 amide bonds. The second-order valence-electron chi connectivity index (χ2n) is 3.60. The van der Waals surface area contributed by atoms with E-state index in [9.17, 15) is 29.9 Å². The average molecular weight is 377 g/mol. The molecule has 1 aromatic carbocycles. The number of fused-ring (bicyclic) bond motifs is 1. The fraction of sp³-hybridized carbons (Fsp3) is 0.182. The van der Waals surface area contributed by atoms with E-state index in [1.807, 2.05) is 0 Å². The molecule has 0 aliphatic carbocycles. The number of nitrogens with zero attached hydrogens (tertiary/aromatic N) is 2. The van der Waals surface area contributed by atoms with Gasteiger partial charge >= 0.3 is 17.1 Å². The van der Waals surface area contributed by atoms with Gasteiger partial charge in [-0.2, -0.15) is 0 Å². The van der Waals surface area contributed by atoms with Gasteiger partial charge in [0.2, 0.25) is 0 Å². The van der Waals surface area contributed by atoms with Gasteiger partial charge < -0.3 is 35.0 Å². The Kier molecular flexibility index (Phi) is 11.0. The Balaban J connectivity index is 0. The largest absolute Gasteiger partial charge is 2.00 e. The predicted molar refractivity (Wildman–Crippen MR) is 67.2 cm³/mol. The number of nitro groups is 1. The monoisotopic (exact) mass is 376 g/mol. The first kappa shape index (κ1) is 22.7. The van der Waals surface area contributed by atoms with Crippen molar-refractivity contribution in [2.24, 2.45) is 0 Å². The molecule has 2 aromatic rings. The van der Waals surface area contributed by atoms with Crippen molar-refractivity contribution in [2.75, 3.05) is 13.2 Å². The summed E-state index contributed by atoms with van der Waals surface area (Å²) in [5.74, 6) is -2.90. The number of ether oxygens (including phenoxy) is 1. The molecular formula is C11H11CuN3O8. The number of rotatable bonds is 5. The summed E-state index contributed by atoms with van der Waals surface area (Å²) in [4.78, 5) is 35.7. The van der Waals surface area contributed by atoms with Gasteiger partial charge in [0.1, 0.15) is 0 Å². The van der Waals surface area contributed by atoms with Crippen molar-refractivity contribution in [2.45, 2.75) is 0 Å². The number of carboxylic acid groups (broad SMARTS) is 2. The van der Waals surface area contributed by atoms with Crippen molar-refractivity contribution in [3.63, 3.8) is 0 Å². The van der Waals surface area contributed by atoms with Crippen molar-refractivity contribution < 1.29 is 52.0 Å². The van der Waals surface area contributed by atoms with Crippen LogP contribution in [0.4, 0.5) is 5.69 Å². The summed E-state index contributed by atoms with van der Waals surface area (Å²) in [6.45, 7) is -1.43. The molecule has 1 aromatic heterocycles. The van der Waals surface area contributed by atoms with Gasteiger partial charge in [-0.1, -0.05) is 0 Å². The molecule has 3 N–H and O–H groups in total. The van der Waals surface area contributed by atoms with Crippen molar-refractivity contribution in [3.8, 4) is 0 Å². The molecule has 1 heterocycles. The molecule has 0 aliphatic heterocycles. The molecular weight excluding hydrogens is 366 g/mol. The van der Waals surface area contributed by atoms with Crippen LogP contribution in [-0.2, 0) is 31.4 Å². The van der Waals surface area contributed by atoms with E-state index in [1.54, 1.807) is 6.07 Å². The first-order valence-electron chi connectivity index (χ1n) is 5.45. The minimum atomic E-state index is -1.45. The van der Waals surface area contributed by atoms with Crippen molar-refractivity contribution in [3.05, 3.63) is 34.6 Å². The molecule has 0 fully saturated rings. The molecule has 11 nitrogen and oxygen atoms in total. The van der Waals surface area contributed by atoms with Crippen molar-refractivity contribution >= 4 is 28.7 Å². The summed E-state index contributed by atoms with van der Waals surface area (Å²) in [6, 6.07) is 4.52. The van der Waals surface area contributed by atoms with E-state index in [2.05, 4.69) is 14.7 Å². The van der Waals surface area contributed by atoms with E-state index in [1.165, 1.54) is 18.5 Å². The van der Waals surface area contributed by atoms with Crippen LogP contribution in [0.2, 0.25) is 0 Å².